The van der Waals surface area contributed by atoms with Gasteiger partial charge in [0, 0.05) is 44.3 Å². The number of sulfonamides is 1. The SMILES string of the molecule is CCN(CC)S(=O)(=O)c1ccc2c(c1)CCCN2C(=O)C1CCN(c2nc3ccccc3o2)CC1. The highest BCUT2D eigenvalue weighted by Crippen LogP contribution is 2.34. The van der Waals surface area contributed by atoms with Gasteiger partial charge in [-0.2, -0.15) is 9.29 Å². The van der Waals surface area contributed by atoms with Crippen LogP contribution in [-0.4, -0.2) is 56.3 Å². The normalized spacial score (nSPS) is 17.2. The summed E-state index contributed by atoms with van der Waals surface area (Å²) in [7, 11) is -3.53. The number of amides is 1. The summed E-state index contributed by atoms with van der Waals surface area (Å²) >= 11 is 0. The Morgan fingerprint density at radius 2 is 1.83 bits per heavy atom. The van der Waals surface area contributed by atoms with Crippen LogP contribution in [0.4, 0.5) is 11.7 Å². The van der Waals surface area contributed by atoms with Gasteiger partial charge < -0.3 is 14.2 Å². The second-order valence-electron chi connectivity index (χ2n) is 9.20. The van der Waals surface area contributed by atoms with E-state index in [0.717, 1.165) is 48.0 Å². The Labute approximate surface area is 206 Å². The summed E-state index contributed by atoms with van der Waals surface area (Å²) in [5, 5.41) is 0. The highest BCUT2D eigenvalue weighted by molar-refractivity contribution is 7.89. The minimum Gasteiger partial charge on any atom is -0.423 e. The minimum atomic E-state index is -3.53. The van der Waals surface area contributed by atoms with E-state index in [2.05, 4.69) is 9.88 Å². The number of anilines is 2. The molecule has 3 aromatic rings. The predicted octanol–water partition coefficient (Wildman–Crippen LogP) is 4.05. The molecule has 0 bridgehead atoms. The number of carbonyl (C=O) groups is 1. The molecule has 8 nitrogen and oxygen atoms in total. The number of hydrogen-bond acceptors (Lipinski definition) is 6. The smallest absolute Gasteiger partial charge is 0.298 e. The van der Waals surface area contributed by atoms with Gasteiger partial charge in [0.05, 0.1) is 4.90 Å². The van der Waals surface area contributed by atoms with Crippen LogP contribution in [-0.2, 0) is 21.2 Å². The quantitative estimate of drug-likeness (QED) is 0.512. The average Bonchev–Trinajstić information content (AvgIpc) is 3.33. The van der Waals surface area contributed by atoms with E-state index in [0.29, 0.717) is 43.6 Å². The fourth-order valence-corrected chi connectivity index (χ4v) is 6.72. The molecule has 3 heterocycles. The van der Waals surface area contributed by atoms with Gasteiger partial charge in [-0.15, -0.1) is 0 Å². The molecule has 0 aliphatic carbocycles. The lowest BCUT2D eigenvalue weighted by atomic mass is 9.93. The summed E-state index contributed by atoms with van der Waals surface area (Å²) in [5.74, 6) is 0.0585. The largest absolute Gasteiger partial charge is 0.423 e. The molecule has 0 spiro atoms. The van der Waals surface area contributed by atoms with E-state index in [9.17, 15) is 13.2 Å². The monoisotopic (exact) mass is 496 g/mol. The third kappa shape index (κ3) is 4.43. The van der Waals surface area contributed by atoms with Crippen LogP contribution in [0.5, 0.6) is 0 Å². The van der Waals surface area contributed by atoms with Crippen LogP contribution < -0.4 is 9.80 Å². The molecule has 0 radical (unpaired) electrons. The topological polar surface area (TPSA) is 87.0 Å². The zero-order chi connectivity index (χ0) is 24.6. The molecule has 2 aliphatic rings. The van der Waals surface area contributed by atoms with Crippen molar-refractivity contribution in [3.63, 3.8) is 0 Å². The highest BCUT2D eigenvalue weighted by Gasteiger charge is 2.33. The molecule has 5 rings (SSSR count). The van der Waals surface area contributed by atoms with E-state index in [1.54, 1.807) is 12.1 Å². The van der Waals surface area contributed by atoms with Crippen LogP contribution in [0.1, 0.15) is 38.7 Å². The minimum absolute atomic E-state index is 0.0688. The van der Waals surface area contributed by atoms with E-state index in [1.807, 2.05) is 49.1 Å². The molecule has 1 saturated heterocycles. The number of oxazole rings is 1. The molecule has 0 saturated carbocycles. The highest BCUT2D eigenvalue weighted by atomic mass is 32.2. The molecule has 0 N–H and O–H groups in total. The van der Waals surface area contributed by atoms with Crippen LogP contribution in [0.2, 0.25) is 0 Å². The zero-order valence-corrected chi connectivity index (χ0v) is 21.1. The van der Waals surface area contributed by atoms with Crippen molar-refractivity contribution in [1.29, 1.82) is 0 Å². The third-order valence-electron chi connectivity index (χ3n) is 7.18. The van der Waals surface area contributed by atoms with Gasteiger partial charge in [0.1, 0.15) is 5.52 Å². The van der Waals surface area contributed by atoms with Gasteiger partial charge in [-0.25, -0.2) is 8.42 Å². The van der Waals surface area contributed by atoms with Gasteiger partial charge in [0.25, 0.3) is 6.01 Å². The summed E-state index contributed by atoms with van der Waals surface area (Å²) in [4.78, 5) is 22.4. The molecule has 2 aromatic carbocycles. The molecular weight excluding hydrogens is 464 g/mol. The number of rotatable bonds is 6. The number of hydrogen-bond donors (Lipinski definition) is 0. The molecule has 2 aliphatic heterocycles. The molecule has 1 amide bonds. The molecule has 0 atom stereocenters. The van der Waals surface area contributed by atoms with E-state index < -0.39 is 10.0 Å². The zero-order valence-electron chi connectivity index (χ0n) is 20.3. The van der Waals surface area contributed by atoms with Gasteiger partial charge in [0.15, 0.2) is 5.58 Å². The Balaban J connectivity index is 1.30. The van der Waals surface area contributed by atoms with Crippen molar-refractivity contribution in [3.05, 3.63) is 48.0 Å². The molecule has 35 heavy (non-hydrogen) atoms. The van der Waals surface area contributed by atoms with Gasteiger partial charge in [0.2, 0.25) is 15.9 Å². The molecule has 0 unspecified atom stereocenters. The first kappa shape index (κ1) is 23.8. The van der Waals surface area contributed by atoms with Crippen molar-refractivity contribution in [2.45, 2.75) is 44.4 Å². The van der Waals surface area contributed by atoms with Gasteiger partial charge in [-0.05, 0) is 61.6 Å². The van der Waals surface area contributed by atoms with E-state index in [1.165, 1.54) is 4.31 Å². The van der Waals surface area contributed by atoms with Crippen LogP contribution in [0.15, 0.2) is 51.8 Å². The maximum atomic E-state index is 13.5. The Kier molecular flexibility index (Phi) is 6.55. The fraction of sp³-hybridized carbons (Fsp3) is 0.462. The average molecular weight is 497 g/mol. The lowest BCUT2D eigenvalue weighted by Crippen LogP contribution is -2.44. The summed E-state index contributed by atoms with van der Waals surface area (Å²) in [6, 6.07) is 13.6. The number of aryl methyl sites for hydroxylation is 1. The van der Waals surface area contributed by atoms with Crippen molar-refractivity contribution in [2.24, 2.45) is 5.92 Å². The number of fused-ring (bicyclic) bond motifs is 2. The lowest BCUT2D eigenvalue weighted by Gasteiger charge is -2.36. The van der Waals surface area contributed by atoms with Crippen molar-refractivity contribution >= 4 is 38.7 Å². The number of carbonyl (C=O) groups excluding carboxylic acids is 1. The summed E-state index contributed by atoms with van der Waals surface area (Å²) in [5.41, 5.74) is 3.39. The van der Waals surface area contributed by atoms with Gasteiger partial charge in [-0.1, -0.05) is 26.0 Å². The van der Waals surface area contributed by atoms with Crippen LogP contribution in [0.25, 0.3) is 11.1 Å². The molecule has 1 aromatic heterocycles. The molecule has 9 heteroatoms. The van der Waals surface area contributed by atoms with Crippen LogP contribution in [0.3, 0.4) is 0 Å². The Morgan fingerprint density at radius 1 is 1.09 bits per heavy atom. The lowest BCUT2D eigenvalue weighted by molar-refractivity contribution is -0.123. The number of para-hydroxylation sites is 2. The van der Waals surface area contributed by atoms with E-state index in [-0.39, 0.29) is 11.8 Å². The van der Waals surface area contributed by atoms with E-state index in [4.69, 9.17) is 4.42 Å². The Morgan fingerprint density at radius 3 is 2.54 bits per heavy atom. The molecule has 1 fully saturated rings. The van der Waals surface area contributed by atoms with Gasteiger partial charge >= 0.3 is 0 Å². The summed E-state index contributed by atoms with van der Waals surface area (Å²) in [6.45, 7) is 6.64. The van der Waals surface area contributed by atoms with Crippen molar-refractivity contribution in [1.82, 2.24) is 9.29 Å². The molecule has 186 valence electrons. The summed E-state index contributed by atoms with van der Waals surface area (Å²) < 4.78 is 33.3. The first-order valence-corrected chi connectivity index (χ1v) is 13.9. The van der Waals surface area contributed by atoms with Crippen LogP contribution >= 0.6 is 0 Å². The van der Waals surface area contributed by atoms with E-state index >= 15 is 0 Å². The third-order valence-corrected chi connectivity index (χ3v) is 9.22. The second-order valence-corrected chi connectivity index (χ2v) is 11.1. The first-order chi connectivity index (χ1) is 16.9. The maximum Gasteiger partial charge on any atom is 0.298 e. The summed E-state index contributed by atoms with van der Waals surface area (Å²) in [6.07, 6.45) is 3.07. The Hall–Kier alpha value is -2.91. The number of aromatic nitrogens is 1. The van der Waals surface area contributed by atoms with Crippen molar-refractivity contribution in [3.8, 4) is 0 Å². The number of benzene rings is 2. The Bertz CT molecular complexity index is 1290. The number of piperidine rings is 1. The van der Waals surface area contributed by atoms with Crippen molar-refractivity contribution < 1.29 is 17.6 Å². The first-order valence-electron chi connectivity index (χ1n) is 12.5. The molecular formula is C26H32N4O4S. The standard InChI is InChI=1S/C26H32N4O4S/c1-3-29(4-2)35(32,33)21-11-12-23-20(18-21)8-7-15-30(23)25(31)19-13-16-28(17-14-19)26-27-22-9-5-6-10-24(22)34-26/h5-6,9-12,18-19H,3-4,7-8,13-17H2,1-2H3. The number of nitrogens with zero attached hydrogens (tertiary/aromatic N) is 4. The predicted molar refractivity (Wildman–Crippen MR) is 136 cm³/mol. The van der Waals surface area contributed by atoms with Crippen molar-refractivity contribution in [2.75, 3.05) is 42.5 Å². The maximum absolute atomic E-state index is 13.5. The van der Waals surface area contributed by atoms with Crippen LogP contribution in [0, 0.1) is 5.92 Å². The van der Waals surface area contributed by atoms with Gasteiger partial charge in [-0.3, -0.25) is 4.79 Å². The second kappa shape index (κ2) is 9.62. The fourth-order valence-electron chi connectivity index (χ4n) is 5.21.